The zero-order chi connectivity index (χ0) is 15.4. The Labute approximate surface area is 147 Å². The zero-order valence-electron chi connectivity index (χ0n) is 12.4. The van der Waals surface area contributed by atoms with Crippen LogP contribution < -0.4 is 10.1 Å². The molecule has 0 aliphatic rings. The first-order chi connectivity index (χ1) is 9.95. The average molecular weight is 433 g/mol. The van der Waals surface area contributed by atoms with Crippen molar-refractivity contribution in [3.8, 4) is 5.75 Å². The van der Waals surface area contributed by atoms with Crippen LogP contribution in [0.3, 0.4) is 0 Å². The third kappa shape index (κ3) is 5.09. The van der Waals surface area contributed by atoms with Crippen LogP contribution in [0.4, 0.5) is 0 Å². The molecule has 1 aromatic carbocycles. The summed E-state index contributed by atoms with van der Waals surface area (Å²) in [5.41, 5.74) is 2.34. The molecular weight excluding hydrogens is 414 g/mol. The summed E-state index contributed by atoms with van der Waals surface area (Å²) in [6.07, 6.45) is 0. The third-order valence-electron chi connectivity index (χ3n) is 3.00. The summed E-state index contributed by atoms with van der Waals surface area (Å²) < 4.78 is 8.31. The Balaban J connectivity index is 2.15. The van der Waals surface area contributed by atoms with Gasteiger partial charge in [0.1, 0.15) is 12.4 Å². The second-order valence-electron chi connectivity index (χ2n) is 5.24. The van der Waals surface area contributed by atoms with Crippen LogP contribution in [0.15, 0.2) is 32.5 Å². The van der Waals surface area contributed by atoms with E-state index in [2.05, 4.69) is 82.2 Å². The highest BCUT2D eigenvalue weighted by molar-refractivity contribution is 9.11. The Morgan fingerprint density at radius 1 is 1.24 bits per heavy atom. The van der Waals surface area contributed by atoms with Crippen LogP contribution in [0.1, 0.15) is 29.9 Å². The van der Waals surface area contributed by atoms with Crippen molar-refractivity contribution in [3.63, 3.8) is 0 Å². The molecule has 21 heavy (non-hydrogen) atoms. The van der Waals surface area contributed by atoms with Crippen molar-refractivity contribution in [1.82, 2.24) is 5.32 Å². The standard InChI is InChI=1S/C16H19Br2NOS/c1-10(2)19-8-12-7-13(17)6-11(3)16(12)20-9-14-4-5-15(18)21-14/h4-7,10,19H,8-9H2,1-3H3. The Kier molecular flexibility index (Phi) is 6.29. The second-order valence-corrected chi connectivity index (χ2v) is 8.70. The molecule has 5 heteroatoms. The topological polar surface area (TPSA) is 21.3 Å². The predicted molar refractivity (Wildman–Crippen MR) is 97.2 cm³/mol. The fourth-order valence-electron chi connectivity index (χ4n) is 2.02. The van der Waals surface area contributed by atoms with Crippen molar-refractivity contribution in [2.45, 2.75) is 40.0 Å². The Morgan fingerprint density at radius 2 is 2.00 bits per heavy atom. The molecule has 1 N–H and O–H groups in total. The summed E-state index contributed by atoms with van der Waals surface area (Å²) >= 11 is 8.76. The summed E-state index contributed by atoms with van der Waals surface area (Å²) in [6.45, 7) is 7.79. The van der Waals surface area contributed by atoms with Crippen LogP contribution in [-0.2, 0) is 13.2 Å². The Morgan fingerprint density at radius 3 is 2.62 bits per heavy atom. The maximum Gasteiger partial charge on any atom is 0.127 e. The van der Waals surface area contributed by atoms with E-state index >= 15 is 0 Å². The first-order valence-corrected chi connectivity index (χ1v) is 9.25. The molecule has 0 saturated heterocycles. The fraction of sp³-hybridized carbons (Fsp3) is 0.375. The number of thiophene rings is 1. The van der Waals surface area contributed by atoms with E-state index < -0.39 is 0 Å². The van der Waals surface area contributed by atoms with Gasteiger partial charge in [-0.15, -0.1) is 11.3 Å². The van der Waals surface area contributed by atoms with Crippen LogP contribution in [-0.4, -0.2) is 6.04 Å². The summed E-state index contributed by atoms with van der Waals surface area (Å²) in [7, 11) is 0. The van der Waals surface area contributed by atoms with Gasteiger partial charge < -0.3 is 10.1 Å². The lowest BCUT2D eigenvalue weighted by Crippen LogP contribution is -2.22. The lowest BCUT2D eigenvalue weighted by atomic mass is 10.1. The number of ether oxygens (including phenoxy) is 1. The molecule has 2 rings (SSSR count). The fourth-order valence-corrected chi connectivity index (χ4v) is 4.04. The lowest BCUT2D eigenvalue weighted by molar-refractivity contribution is 0.303. The largest absolute Gasteiger partial charge is 0.487 e. The molecule has 0 spiro atoms. The second kappa shape index (κ2) is 7.77. The van der Waals surface area contributed by atoms with Gasteiger partial charge in [-0.3, -0.25) is 0 Å². The first kappa shape index (κ1) is 17.0. The maximum absolute atomic E-state index is 6.08. The summed E-state index contributed by atoms with van der Waals surface area (Å²) in [5, 5.41) is 3.45. The molecular formula is C16H19Br2NOS. The minimum Gasteiger partial charge on any atom is -0.487 e. The lowest BCUT2D eigenvalue weighted by Gasteiger charge is -2.16. The van der Waals surface area contributed by atoms with Crippen molar-refractivity contribution < 1.29 is 4.74 Å². The van der Waals surface area contributed by atoms with Gasteiger partial charge in [-0.2, -0.15) is 0 Å². The van der Waals surface area contributed by atoms with Crippen LogP contribution >= 0.6 is 43.2 Å². The molecule has 0 fully saturated rings. The van der Waals surface area contributed by atoms with Gasteiger partial charge >= 0.3 is 0 Å². The summed E-state index contributed by atoms with van der Waals surface area (Å²) in [4.78, 5) is 1.21. The summed E-state index contributed by atoms with van der Waals surface area (Å²) in [5.74, 6) is 0.982. The number of halogens is 2. The number of hydrogen-bond acceptors (Lipinski definition) is 3. The predicted octanol–water partition coefficient (Wildman–Crippen LogP) is 5.66. The number of nitrogens with one attached hydrogen (secondary N) is 1. The van der Waals surface area contributed by atoms with Crippen molar-refractivity contribution >= 4 is 43.2 Å². The van der Waals surface area contributed by atoms with E-state index in [-0.39, 0.29) is 0 Å². The van der Waals surface area contributed by atoms with E-state index in [0.717, 1.165) is 26.1 Å². The normalized spacial score (nSPS) is 11.1. The molecule has 0 aliphatic heterocycles. The molecule has 0 aliphatic carbocycles. The molecule has 0 atom stereocenters. The van der Waals surface area contributed by atoms with Crippen LogP contribution in [0, 0.1) is 6.92 Å². The minimum absolute atomic E-state index is 0.449. The van der Waals surface area contributed by atoms with E-state index in [9.17, 15) is 0 Å². The Bertz CT molecular complexity index is 610. The molecule has 114 valence electrons. The molecule has 0 radical (unpaired) electrons. The van der Waals surface area contributed by atoms with E-state index in [1.54, 1.807) is 11.3 Å². The number of hydrogen-bond donors (Lipinski definition) is 1. The van der Waals surface area contributed by atoms with Gasteiger partial charge in [0, 0.05) is 27.5 Å². The molecule has 2 aromatic rings. The zero-order valence-corrected chi connectivity index (χ0v) is 16.4. The van der Waals surface area contributed by atoms with E-state index in [0.29, 0.717) is 12.6 Å². The molecule has 0 unspecified atom stereocenters. The molecule has 0 amide bonds. The smallest absolute Gasteiger partial charge is 0.127 e. The van der Waals surface area contributed by atoms with Crippen LogP contribution in [0.5, 0.6) is 5.75 Å². The van der Waals surface area contributed by atoms with Gasteiger partial charge in [0.2, 0.25) is 0 Å². The van der Waals surface area contributed by atoms with E-state index in [1.165, 1.54) is 10.4 Å². The Hall–Kier alpha value is -0.360. The number of aryl methyl sites for hydroxylation is 1. The third-order valence-corrected chi connectivity index (χ3v) is 5.06. The highest BCUT2D eigenvalue weighted by Gasteiger charge is 2.10. The van der Waals surface area contributed by atoms with Gasteiger partial charge in [0.25, 0.3) is 0 Å². The van der Waals surface area contributed by atoms with Crippen molar-refractivity contribution in [3.05, 3.63) is 48.5 Å². The highest BCUT2D eigenvalue weighted by atomic mass is 79.9. The summed E-state index contributed by atoms with van der Waals surface area (Å²) in [6, 6.07) is 8.82. The SMILES string of the molecule is Cc1cc(Br)cc(CNC(C)C)c1OCc1ccc(Br)s1. The van der Waals surface area contributed by atoms with Crippen molar-refractivity contribution in [1.29, 1.82) is 0 Å². The monoisotopic (exact) mass is 431 g/mol. The molecule has 0 saturated carbocycles. The quantitative estimate of drug-likeness (QED) is 0.635. The molecule has 0 bridgehead atoms. The molecule has 1 aromatic heterocycles. The van der Waals surface area contributed by atoms with Gasteiger partial charge in [-0.05, 0) is 52.7 Å². The van der Waals surface area contributed by atoms with Gasteiger partial charge in [-0.1, -0.05) is 29.8 Å². The average Bonchev–Trinajstić information content (AvgIpc) is 2.80. The molecule has 1 heterocycles. The minimum atomic E-state index is 0.449. The van der Waals surface area contributed by atoms with Crippen LogP contribution in [0.2, 0.25) is 0 Å². The van der Waals surface area contributed by atoms with Gasteiger partial charge in [-0.25, -0.2) is 0 Å². The van der Waals surface area contributed by atoms with Crippen molar-refractivity contribution in [2.24, 2.45) is 0 Å². The van der Waals surface area contributed by atoms with Gasteiger partial charge in [0.15, 0.2) is 0 Å². The van der Waals surface area contributed by atoms with Crippen LogP contribution in [0.25, 0.3) is 0 Å². The number of rotatable bonds is 6. The first-order valence-electron chi connectivity index (χ1n) is 6.85. The maximum atomic E-state index is 6.08. The number of benzene rings is 1. The van der Waals surface area contributed by atoms with E-state index in [1.807, 2.05) is 0 Å². The van der Waals surface area contributed by atoms with Gasteiger partial charge in [0.05, 0.1) is 3.79 Å². The van der Waals surface area contributed by atoms with Crippen molar-refractivity contribution in [2.75, 3.05) is 0 Å². The van der Waals surface area contributed by atoms with E-state index in [4.69, 9.17) is 4.74 Å². The highest BCUT2D eigenvalue weighted by Crippen LogP contribution is 2.30. The molecule has 2 nitrogen and oxygen atoms in total.